The highest BCUT2D eigenvalue weighted by atomic mass is 79.9. The van der Waals surface area contributed by atoms with E-state index in [9.17, 15) is 5.11 Å². The van der Waals surface area contributed by atoms with E-state index in [0.717, 1.165) is 53.9 Å². The lowest BCUT2D eigenvalue weighted by atomic mass is 10.2. The zero-order valence-corrected chi connectivity index (χ0v) is 14.8. The third kappa shape index (κ3) is 3.38. The highest BCUT2D eigenvalue weighted by Crippen LogP contribution is 2.30. The van der Waals surface area contributed by atoms with Crippen molar-refractivity contribution in [1.29, 1.82) is 0 Å². The summed E-state index contributed by atoms with van der Waals surface area (Å²) in [6, 6.07) is 7.93. The van der Waals surface area contributed by atoms with Gasteiger partial charge in [0.15, 0.2) is 0 Å². The molecule has 3 rings (SSSR count). The highest BCUT2D eigenvalue weighted by molar-refractivity contribution is 9.10. The second-order valence-corrected chi connectivity index (χ2v) is 6.99. The predicted molar refractivity (Wildman–Crippen MR) is 94.8 cm³/mol. The van der Waals surface area contributed by atoms with Crippen LogP contribution in [0.3, 0.4) is 0 Å². The van der Waals surface area contributed by atoms with Crippen molar-refractivity contribution in [1.82, 2.24) is 9.88 Å². The fourth-order valence-corrected chi connectivity index (χ4v) is 3.51. The van der Waals surface area contributed by atoms with Crippen LogP contribution in [0, 0.1) is 0 Å². The van der Waals surface area contributed by atoms with Crippen molar-refractivity contribution < 1.29 is 5.11 Å². The Morgan fingerprint density at radius 1 is 1.23 bits per heavy atom. The number of halogens is 2. The Morgan fingerprint density at radius 3 is 2.64 bits per heavy atom. The summed E-state index contributed by atoms with van der Waals surface area (Å²) < 4.78 is 1.01. The molecule has 0 saturated carbocycles. The van der Waals surface area contributed by atoms with E-state index in [1.165, 1.54) is 0 Å². The molecule has 1 N–H and O–H groups in total. The van der Waals surface area contributed by atoms with E-state index in [2.05, 4.69) is 31.8 Å². The quantitative estimate of drug-likeness (QED) is 0.882. The van der Waals surface area contributed by atoms with Crippen LogP contribution in [0.15, 0.2) is 28.7 Å². The molecule has 0 spiro atoms. The average molecular weight is 385 g/mol. The number of pyridine rings is 1. The molecule has 0 unspecified atom stereocenters. The number of aliphatic hydroxyl groups is 1. The second-order valence-electron chi connectivity index (χ2n) is 5.73. The lowest BCUT2D eigenvalue weighted by Gasteiger charge is -2.36. The molecule has 1 aromatic carbocycles. The molecule has 118 valence electrons. The highest BCUT2D eigenvalue weighted by Gasteiger charge is 2.19. The Labute approximate surface area is 143 Å². The van der Waals surface area contributed by atoms with Crippen LogP contribution in [-0.4, -0.2) is 53.8 Å². The number of fused-ring (bicyclic) bond motifs is 1. The molecule has 1 aliphatic rings. The van der Waals surface area contributed by atoms with Gasteiger partial charge in [0.25, 0.3) is 0 Å². The van der Waals surface area contributed by atoms with Gasteiger partial charge in [0, 0.05) is 42.6 Å². The molecular weight excluding hydrogens is 366 g/mol. The molecule has 1 saturated heterocycles. The summed E-state index contributed by atoms with van der Waals surface area (Å²) in [5.74, 6) is 0.962. The number of β-amino-alcohol motifs (C(OH)–C–C–N with tert-alkyl or cyclic N) is 1. The van der Waals surface area contributed by atoms with Crippen molar-refractivity contribution in [2.24, 2.45) is 0 Å². The van der Waals surface area contributed by atoms with Crippen LogP contribution in [0.2, 0.25) is 5.02 Å². The Balaban J connectivity index is 1.79. The van der Waals surface area contributed by atoms with Crippen LogP contribution in [0.1, 0.15) is 6.92 Å². The third-order valence-corrected chi connectivity index (χ3v) is 4.96. The number of anilines is 1. The zero-order chi connectivity index (χ0) is 15.7. The number of hydrogen-bond donors (Lipinski definition) is 1. The van der Waals surface area contributed by atoms with Crippen LogP contribution in [0.4, 0.5) is 5.82 Å². The fourth-order valence-electron chi connectivity index (χ4n) is 2.85. The van der Waals surface area contributed by atoms with Crippen molar-refractivity contribution in [3.63, 3.8) is 0 Å². The lowest BCUT2D eigenvalue weighted by Crippen LogP contribution is -2.48. The van der Waals surface area contributed by atoms with E-state index in [0.29, 0.717) is 5.02 Å². The van der Waals surface area contributed by atoms with Gasteiger partial charge in [0.2, 0.25) is 0 Å². The first-order valence-corrected chi connectivity index (χ1v) is 8.62. The second kappa shape index (κ2) is 6.71. The zero-order valence-electron chi connectivity index (χ0n) is 12.5. The van der Waals surface area contributed by atoms with Crippen LogP contribution in [-0.2, 0) is 0 Å². The van der Waals surface area contributed by atoms with Gasteiger partial charge in [-0.1, -0.05) is 27.5 Å². The van der Waals surface area contributed by atoms with Crippen LogP contribution < -0.4 is 4.90 Å². The maximum atomic E-state index is 9.48. The van der Waals surface area contributed by atoms with Crippen LogP contribution in [0.5, 0.6) is 0 Å². The van der Waals surface area contributed by atoms with E-state index in [4.69, 9.17) is 16.6 Å². The fraction of sp³-hybridized carbons (Fsp3) is 0.438. The summed E-state index contributed by atoms with van der Waals surface area (Å²) in [6.07, 6.45) is -0.276. The number of aromatic nitrogens is 1. The molecule has 22 heavy (non-hydrogen) atoms. The topological polar surface area (TPSA) is 39.6 Å². The normalized spacial score (nSPS) is 17.9. The van der Waals surface area contributed by atoms with E-state index in [1.54, 1.807) is 0 Å². The van der Waals surface area contributed by atoms with Crippen LogP contribution in [0.25, 0.3) is 10.9 Å². The van der Waals surface area contributed by atoms with Gasteiger partial charge in [-0.3, -0.25) is 4.90 Å². The van der Waals surface area contributed by atoms with Crippen molar-refractivity contribution in [2.45, 2.75) is 13.0 Å². The maximum absolute atomic E-state index is 9.48. The molecule has 2 heterocycles. The standard InChI is InChI=1S/C16H19BrClN3O/c1-11(22)10-20-6-8-21(9-7-20)15-5-2-12-13(17)3-4-14(18)16(12)19-15/h2-5,11,22H,6-10H2,1H3/t11-/m1/s1. The van der Waals surface area contributed by atoms with Gasteiger partial charge in [0.1, 0.15) is 5.82 Å². The van der Waals surface area contributed by atoms with Gasteiger partial charge < -0.3 is 10.0 Å². The summed E-state index contributed by atoms with van der Waals surface area (Å²) in [5, 5.41) is 11.2. The predicted octanol–water partition coefficient (Wildman–Crippen LogP) is 3.15. The number of piperazine rings is 1. The molecular formula is C16H19BrClN3O. The van der Waals surface area contributed by atoms with E-state index in [1.807, 2.05) is 25.1 Å². The summed E-state index contributed by atoms with van der Waals surface area (Å²) in [7, 11) is 0. The summed E-state index contributed by atoms with van der Waals surface area (Å²) in [4.78, 5) is 9.30. The molecule has 1 aliphatic heterocycles. The number of rotatable bonds is 3. The average Bonchev–Trinajstić information content (AvgIpc) is 2.51. The molecule has 0 aliphatic carbocycles. The van der Waals surface area contributed by atoms with Gasteiger partial charge in [0.05, 0.1) is 16.6 Å². The molecule has 0 amide bonds. The maximum Gasteiger partial charge on any atom is 0.129 e. The first kappa shape index (κ1) is 16.0. The first-order chi connectivity index (χ1) is 10.5. The number of aliphatic hydroxyl groups excluding tert-OH is 1. The molecule has 1 fully saturated rings. The van der Waals surface area contributed by atoms with Crippen molar-refractivity contribution >= 4 is 44.3 Å². The number of hydrogen-bond acceptors (Lipinski definition) is 4. The molecule has 4 nitrogen and oxygen atoms in total. The Kier molecular flexibility index (Phi) is 4.88. The minimum Gasteiger partial charge on any atom is -0.392 e. The Morgan fingerprint density at radius 2 is 1.95 bits per heavy atom. The number of nitrogens with zero attached hydrogens (tertiary/aromatic N) is 3. The molecule has 2 aromatic rings. The molecule has 1 aromatic heterocycles. The van der Waals surface area contributed by atoms with Crippen LogP contribution >= 0.6 is 27.5 Å². The first-order valence-electron chi connectivity index (χ1n) is 7.45. The number of benzene rings is 1. The van der Waals surface area contributed by atoms with E-state index < -0.39 is 0 Å². The Hall–Kier alpha value is -0.880. The summed E-state index contributed by atoms with van der Waals surface area (Å²) in [5.41, 5.74) is 0.833. The van der Waals surface area contributed by atoms with Gasteiger partial charge in [-0.15, -0.1) is 0 Å². The van der Waals surface area contributed by atoms with Crippen molar-refractivity contribution in [3.05, 3.63) is 33.8 Å². The van der Waals surface area contributed by atoms with Gasteiger partial charge >= 0.3 is 0 Å². The molecule has 1 atom stereocenters. The van der Waals surface area contributed by atoms with Gasteiger partial charge in [-0.2, -0.15) is 0 Å². The van der Waals surface area contributed by atoms with Crippen molar-refractivity contribution in [3.8, 4) is 0 Å². The molecule has 0 radical (unpaired) electrons. The van der Waals surface area contributed by atoms with E-state index >= 15 is 0 Å². The third-order valence-electron chi connectivity index (χ3n) is 3.96. The largest absolute Gasteiger partial charge is 0.392 e. The van der Waals surface area contributed by atoms with Crippen molar-refractivity contribution in [2.75, 3.05) is 37.6 Å². The minimum atomic E-state index is -0.276. The Bertz CT molecular complexity index is 672. The van der Waals surface area contributed by atoms with Gasteiger partial charge in [-0.05, 0) is 31.2 Å². The minimum absolute atomic E-state index is 0.276. The van der Waals surface area contributed by atoms with Gasteiger partial charge in [-0.25, -0.2) is 4.98 Å². The smallest absolute Gasteiger partial charge is 0.129 e. The SMILES string of the molecule is C[C@@H](O)CN1CCN(c2ccc3c(Br)ccc(Cl)c3n2)CC1. The summed E-state index contributed by atoms with van der Waals surface area (Å²) in [6.45, 7) is 6.27. The van der Waals surface area contributed by atoms with E-state index in [-0.39, 0.29) is 6.10 Å². The molecule has 0 bridgehead atoms. The lowest BCUT2D eigenvalue weighted by molar-refractivity contribution is 0.122. The molecule has 6 heteroatoms. The summed E-state index contributed by atoms with van der Waals surface area (Å²) >= 11 is 9.82. The monoisotopic (exact) mass is 383 g/mol.